The zero-order valence-corrected chi connectivity index (χ0v) is 17.0. The number of nitrogens with zero attached hydrogens (tertiary/aromatic N) is 4. The Labute approximate surface area is 174 Å². The van der Waals surface area contributed by atoms with Crippen LogP contribution in [0.4, 0.5) is 11.6 Å². The largest absolute Gasteiger partial charge is 0.393 e. The number of hydrogen-bond donors (Lipinski definition) is 3. The minimum atomic E-state index is -0.319. The van der Waals surface area contributed by atoms with Crippen molar-refractivity contribution in [3.8, 4) is 0 Å². The second kappa shape index (κ2) is 7.25. The van der Waals surface area contributed by atoms with E-state index in [1.54, 1.807) is 0 Å². The van der Waals surface area contributed by atoms with Crippen molar-refractivity contribution in [2.45, 2.75) is 44.8 Å². The summed E-state index contributed by atoms with van der Waals surface area (Å²) < 4.78 is 2.22. The summed E-state index contributed by atoms with van der Waals surface area (Å²) in [5.74, 6) is 1.28. The molecule has 5 N–H and O–H groups in total. The lowest BCUT2D eigenvalue weighted by atomic mass is 9.96. The molecule has 7 nitrogen and oxygen atoms in total. The van der Waals surface area contributed by atoms with Crippen LogP contribution in [0.1, 0.15) is 36.6 Å². The quantitative estimate of drug-likeness (QED) is 0.482. The number of aliphatic hydroxyl groups excluding tert-OH is 1. The monoisotopic (exact) mass is 402 g/mol. The first-order valence-corrected chi connectivity index (χ1v) is 10.4. The summed E-state index contributed by atoms with van der Waals surface area (Å²) in [6.45, 7) is 2.06. The van der Waals surface area contributed by atoms with Gasteiger partial charge in [-0.3, -0.25) is 0 Å². The Morgan fingerprint density at radius 1 is 1.10 bits per heavy atom. The van der Waals surface area contributed by atoms with E-state index in [1.165, 1.54) is 11.9 Å². The van der Waals surface area contributed by atoms with Crippen molar-refractivity contribution in [1.29, 1.82) is 0 Å². The van der Waals surface area contributed by atoms with Crippen LogP contribution < -0.4 is 11.5 Å². The van der Waals surface area contributed by atoms with Gasteiger partial charge in [-0.05, 0) is 68.4 Å². The van der Waals surface area contributed by atoms with Gasteiger partial charge >= 0.3 is 0 Å². The van der Waals surface area contributed by atoms with Crippen LogP contribution in [0.15, 0.2) is 42.7 Å². The molecule has 1 aliphatic rings. The average molecular weight is 403 g/mol. The minimum Gasteiger partial charge on any atom is -0.393 e. The number of nitrogen functional groups attached to an aromatic ring is 2. The number of hydrogen-bond acceptors (Lipinski definition) is 6. The zero-order chi connectivity index (χ0) is 20.8. The smallest absolute Gasteiger partial charge is 0.145 e. The molecule has 1 saturated carbocycles. The fraction of sp³-hybridized carbons (Fsp3) is 0.348. The number of anilines is 2. The first kappa shape index (κ1) is 18.8. The molecule has 0 aliphatic heterocycles. The van der Waals surface area contributed by atoms with Gasteiger partial charge in [-0.15, -0.1) is 0 Å². The van der Waals surface area contributed by atoms with Gasteiger partial charge in [0, 0.05) is 17.1 Å². The van der Waals surface area contributed by atoms with Gasteiger partial charge in [-0.2, -0.15) is 0 Å². The predicted octanol–water partition coefficient (Wildman–Crippen LogP) is 3.40. The highest BCUT2D eigenvalue weighted by atomic mass is 16.3. The number of nitrogens with two attached hydrogens (primary N) is 2. The summed E-state index contributed by atoms with van der Waals surface area (Å²) in [5.41, 5.74) is 16.0. The first-order valence-electron chi connectivity index (χ1n) is 10.4. The van der Waals surface area contributed by atoms with E-state index in [4.69, 9.17) is 11.5 Å². The zero-order valence-electron chi connectivity index (χ0n) is 17.0. The van der Waals surface area contributed by atoms with Crippen LogP contribution in [0.25, 0.3) is 21.9 Å². The number of pyridine rings is 1. The maximum atomic E-state index is 10.8. The Hall–Kier alpha value is -3.19. The molecule has 1 aromatic carbocycles. The Balaban J connectivity index is 1.33. The van der Waals surface area contributed by atoms with E-state index >= 15 is 0 Å². The molecule has 154 valence electrons. The number of aliphatic hydroxyl groups is 1. The molecule has 4 aromatic rings. The number of aromatic nitrogens is 4. The Morgan fingerprint density at radius 3 is 2.80 bits per heavy atom. The summed E-state index contributed by atoms with van der Waals surface area (Å²) in [6, 6.07) is 12.4. The molecule has 1 aliphatic carbocycles. The van der Waals surface area contributed by atoms with Gasteiger partial charge < -0.3 is 21.1 Å². The highest BCUT2D eigenvalue weighted by Gasteiger charge is 2.35. The molecule has 30 heavy (non-hydrogen) atoms. The van der Waals surface area contributed by atoms with E-state index in [0.717, 1.165) is 53.3 Å². The van der Waals surface area contributed by atoms with Crippen molar-refractivity contribution in [1.82, 2.24) is 19.5 Å². The lowest BCUT2D eigenvalue weighted by Gasteiger charge is -2.16. The molecule has 5 rings (SSSR count). The van der Waals surface area contributed by atoms with Gasteiger partial charge in [0.25, 0.3) is 0 Å². The third kappa shape index (κ3) is 3.25. The molecule has 7 heteroatoms. The highest BCUT2D eigenvalue weighted by molar-refractivity contribution is 5.87. The van der Waals surface area contributed by atoms with Crippen LogP contribution >= 0.6 is 0 Å². The van der Waals surface area contributed by atoms with Gasteiger partial charge in [0.2, 0.25) is 0 Å². The molecule has 0 bridgehead atoms. The summed E-state index contributed by atoms with van der Waals surface area (Å²) in [6.07, 6.45) is 4.68. The van der Waals surface area contributed by atoms with E-state index in [1.807, 2.05) is 18.2 Å². The van der Waals surface area contributed by atoms with Crippen LogP contribution in [0.3, 0.4) is 0 Å². The van der Waals surface area contributed by atoms with Crippen LogP contribution in [-0.2, 0) is 6.42 Å². The van der Waals surface area contributed by atoms with E-state index in [-0.39, 0.29) is 18.1 Å². The Kier molecular flexibility index (Phi) is 4.55. The van der Waals surface area contributed by atoms with Gasteiger partial charge in [0.05, 0.1) is 17.0 Å². The van der Waals surface area contributed by atoms with Crippen molar-refractivity contribution in [3.63, 3.8) is 0 Å². The van der Waals surface area contributed by atoms with Crippen LogP contribution in [0.2, 0.25) is 0 Å². The second-order valence-corrected chi connectivity index (χ2v) is 8.41. The van der Waals surface area contributed by atoms with Crippen LogP contribution in [0, 0.1) is 12.8 Å². The van der Waals surface area contributed by atoms with Gasteiger partial charge in [0.15, 0.2) is 0 Å². The Bertz CT molecular complexity index is 1230. The summed E-state index contributed by atoms with van der Waals surface area (Å²) >= 11 is 0. The molecule has 3 atom stereocenters. The van der Waals surface area contributed by atoms with Crippen molar-refractivity contribution in [2.24, 2.45) is 5.92 Å². The summed E-state index contributed by atoms with van der Waals surface area (Å²) in [7, 11) is 0. The molecule has 0 radical (unpaired) electrons. The molecule has 0 spiro atoms. The maximum absolute atomic E-state index is 10.8. The van der Waals surface area contributed by atoms with Crippen LogP contribution in [-0.4, -0.2) is 30.7 Å². The predicted molar refractivity (Wildman–Crippen MR) is 119 cm³/mol. The molecule has 0 amide bonds. The molecule has 0 unspecified atom stereocenters. The lowest BCUT2D eigenvalue weighted by molar-refractivity contribution is 0.127. The van der Waals surface area contributed by atoms with Crippen molar-refractivity contribution >= 4 is 33.6 Å². The van der Waals surface area contributed by atoms with E-state index in [2.05, 4.69) is 44.6 Å². The van der Waals surface area contributed by atoms with Crippen molar-refractivity contribution in [3.05, 3.63) is 54.0 Å². The molecular weight excluding hydrogens is 376 g/mol. The third-order valence-corrected chi connectivity index (χ3v) is 6.43. The molecule has 0 saturated heterocycles. The SMILES string of the molecule is Cc1cc2c(N)ncnc2n1[C@@H]1C[C@H](CCc2ccc3ccc(N)nc3c2)[C@@H](O)C1. The average Bonchev–Trinajstić information content (AvgIpc) is 3.25. The van der Waals surface area contributed by atoms with Gasteiger partial charge in [0.1, 0.15) is 23.6 Å². The molecule has 3 heterocycles. The van der Waals surface area contributed by atoms with Crippen molar-refractivity contribution < 1.29 is 5.11 Å². The maximum Gasteiger partial charge on any atom is 0.145 e. The topological polar surface area (TPSA) is 116 Å². The van der Waals surface area contributed by atoms with Crippen LogP contribution in [0.5, 0.6) is 0 Å². The molecule has 1 fully saturated rings. The number of benzene rings is 1. The van der Waals surface area contributed by atoms with E-state index < -0.39 is 0 Å². The second-order valence-electron chi connectivity index (χ2n) is 8.41. The number of aryl methyl sites for hydroxylation is 2. The summed E-state index contributed by atoms with van der Waals surface area (Å²) in [5, 5.41) is 12.7. The minimum absolute atomic E-state index is 0.217. The van der Waals surface area contributed by atoms with Gasteiger partial charge in [-0.1, -0.05) is 12.1 Å². The fourth-order valence-electron chi connectivity index (χ4n) is 4.92. The lowest BCUT2D eigenvalue weighted by Crippen LogP contribution is -2.13. The first-order chi connectivity index (χ1) is 14.5. The summed E-state index contributed by atoms with van der Waals surface area (Å²) in [4.78, 5) is 13.0. The third-order valence-electron chi connectivity index (χ3n) is 6.43. The molecule has 3 aromatic heterocycles. The standard InChI is InChI=1S/C23H26N6O/c1-13-8-18-22(25)26-12-27-23(18)29(13)17-10-16(20(30)11-17)5-3-14-2-4-15-6-7-21(24)28-19(15)9-14/h2,4,6-9,12,16-17,20,30H,3,5,10-11H2,1H3,(H2,24,28)(H2,25,26,27)/t16-,17+,20-/m0/s1. The fourth-order valence-corrected chi connectivity index (χ4v) is 4.92. The molecular formula is C23H26N6O. The van der Waals surface area contributed by atoms with Gasteiger partial charge in [-0.25, -0.2) is 15.0 Å². The number of fused-ring (bicyclic) bond motifs is 2. The normalized spacial score (nSPS) is 21.6. The highest BCUT2D eigenvalue weighted by Crippen LogP contribution is 2.40. The Morgan fingerprint density at radius 2 is 1.93 bits per heavy atom. The van der Waals surface area contributed by atoms with Crippen molar-refractivity contribution in [2.75, 3.05) is 11.5 Å². The number of rotatable bonds is 4. The van der Waals surface area contributed by atoms with E-state index in [0.29, 0.717) is 11.6 Å². The van der Waals surface area contributed by atoms with E-state index in [9.17, 15) is 5.11 Å².